The maximum atomic E-state index is 12.0. The Bertz CT molecular complexity index is 632. The highest BCUT2D eigenvalue weighted by Gasteiger charge is 2.23. The zero-order valence-electron chi connectivity index (χ0n) is 13.0. The second-order valence-electron chi connectivity index (χ2n) is 5.28. The predicted octanol–water partition coefficient (Wildman–Crippen LogP) is 2.93. The van der Waals surface area contributed by atoms with Crippen molar-refractivity contribution in [3.05, 3.63) is 46.8 Å². The van der Waals surface area contributed by atoms with Gasteiger partial charge in [-0.2, -0.15) is 0 Å². The minimum atomic E-state index is -0.405. The standard InChI is InChI=1S/C16H21N3O2/c1-5-21-16(20)14-15(11(2)3)19(18-17-14)10-13-9-7-6-8-12(13)4/h6-9,11H,5,10H2,1-4H3. The number of benzene rings is 1. The van der Waals surface area contributed by atoms with Gasteiger partial charge in [0.05, 0.1) is 18.8 Å². The van der Waals surface area contributed by atoms with Crippen molar-refractivity contribution in [1.29, 1.82) is 0 Å². The van der Waals surface area contributed by atoms with E-state index in [9.17, 15) is 4.79 Å². The van der Waals surface area contributed by atoms with Gasteiger partial charge in [0, 0.05) is 0 Å². The van der Waals surface area contributed by atoms with Gasteiger partial charge >= 0.3 is 5.97 Å². The number of nitrogens with zero attached hydrogens (tertiary/aromatic N) is 3. The van der Waals surface area contributed by atoms with Crippen molar-refractivity contribution in [2.75, 3.05) is 6.61 Å². The Morgan fingerprint density at radius 3 is 2.67 bits per heavy atom. The molecule has 1 aromatic heterocycles. The topological polar surface area (TPSA) is 57.0 Å². The summed E-state index contributed by atoms with van der Waals surface area (Å²) in [6.45, 7) is 8.83. The minimum absolute atomic E-state index is 0.142. The first kappa shape index (κ1) is 15.2. The Morgan fingerprint density at radius 2 is 2.05 bits per heavy atom. The van der Waals surface area contributed by atoms with Crippen LogP contribution in [0.25, 0.3) is 0 Å². The average Bonchev–Trinajstić information content (AvgIpc) is 2.85. The minimum Gasteiger partial charge on any atom is -0.461 e. The lowest BCUT2D eigenvalue weighted by atomic mass is 10.1. The third-order valence-corrected chi connectivity index (χ3v) is 3.37. The third-order valence-electron chi connectivity index (χ3n) is 3.37. The molecule has 0 N–H and O–H groups in total. The fraction of sp³-hybridized carbons (Fsp3) is 0.438. The van der Waals surface area contributed by atoms with Crippen LogP contribution >= 0.6 is 0 Å². The third kappa shape index (κ3) is 3.29. The van der Waals surface area contributed by atoms with Gasteiger partial charge in [-0.1, -0.05) is 43.3 Å². The average molecular weight is 287 g/mol. The van der Waals surface area contributed by atoms with Gasteiger partial charge in [0.2, 0.25) is 0 Å². The molecule has 0 aliphatic heterocycles. The summed E-state index contributed by atoms with van der Waals surface area (Å²) < 4.78 is 6.84. The molecule has 0 atom stereocenters. The van der Waals surface area contributed by atoms with E-state index >= 15 is 0 Å². The van der Waals surface area contributed by atoms with Gasteiger partial charge in [-0.15, -0.1) is 5.10 Å². The monoisotopic (exact) mass is 287 g/mol. The molecule has 2 aromatic rings. The molecule has 1 heterocycles. The van der Waals surface area contributed by atoms with E-state index in [4.69, 9.17) is 4.74 Å². The molecule has 112 valence electrons. The molecule has 0 spiro atoms. The van der Waals surface area contributed by atoms with Gasteiger partial charge in [-0.3, -0.25) is 0 Å². The Kier molecular flexibility index (Phi) is 4.73. The summed E-state index contributed by atoms with van der Waals surface area (Å²) in [4.78, 5) is 12.0. The number of aromatic nitrogens is 3. The van der Waals surface area contributed by atoms with Crippen molar-refractivity contribution >= 4 is 5.97 Å². The lowest BCUT2D eigenvalue weighted by Gasteiger charge is -2.12. The largest absolute Gasteiger partial charge is 0.461 e. The summed E-state index contributed by atoms with van der Waals surface area (Å²) in [5.41, 5.74) is 3.50. The zero-order valence-corrected chi connectivity index (χ0v) is 13.0. The van der Waals surface area contributed by atoms with Gasteiger partial charge in [-0.25, -0.2) is 9.48 Å². The van der Waals surface area contributed by atoms with E-state index in [2.05, 4.69) is 29.4 Å². The number of hydrogen-bond acceptors (Lipinski definition) is 4. The van der Waals surface area contributed by atoms with E-state index in [-0.39, 0.29) is 5.92 Å². The SMILES string of the molecule is CCOC(=O)c1nnn(Cc2ccccc2C)c1C(C)C. The van der Waals surface area contributed by atoms with Gasteiger partial charge < -0.3 is 4.74 Å². The molecule has 0 saturated heterocycles. The lowest BCUT2D eigenvalue weighted by molar-refractivity contribution is 0.0517. The molecule has 0 bridgehead atoms. The first-order valence-corrected chi connectivity index (χ1v) is 7.19. The summed E-state index contributed by atoms with van der Waals surface area (Å²) in [6.07, 6.45) is 0. The predicted molar refractivity (Wildman–Crippen MR) is 80.3 cm³/mol. The molecule has 2 rings (SSSR count). The van der Waals surface area contributed by atoms with Crippen molar-refractivity contribution in [3.8, 4) is 0 Å². The van der Waals surface area contributed by atoms with Gasteiger partial charge in [-0.05, 0) is 30.9 Å². The van der Waals surface area contributed by atoms with Crippen LogP contribution in [0.4, 0.5) is 0 Å². The molecule has 0 aliphatic rings. The van der Waals surface area contributed by atoms with Gasteiger partial charge in [0.25, 0.3) is 0 Å². The number of carbonyl (C=O) groups is 1. The van der Waals surface area contributed by atoms with Crippen LogP contribution in [0.2, 0.25) is 0 Å². The fourth-order valence-corrected chi connectivity index (χ4v) is 2.30. The van der Waals surface area contributed by atoms with E-state index in [1.165, 1.54) is 11.1 Å². The van der Waals surface area contributed by atoms with Crippen LogP contribution in [-0.2, 0) is 11.3 Å². The molecule has 5 nitrogen and oxygen atoms in total. The molecule has 0 radical (unpaired) electrons. The van der Waals surface area contributed by atoms with Crippen molar-refractivity contribution in [2.45, 2.75) is 40.2 Å². The second kappa shape index (κ2) is 6.52. The molecule has 0 unspecified atom stereocenters. The van der Waals surface area contributed by atoms with Gasteiger partial charge in [0.15, 0.2) is 5.69 Å². The number of aryl methyl sites for hydroxylation is 1. The van der Waals surface area contributed by atoms with Crippen molar-refractivity contribution in [2.24, 2.45) is 0 Å². The zero-order chi connectivity index (χ0) is 15.4. The molecule has 0 fully saturated rings. The van der Waals surface area contributed by atoms with E-state index in [0.29, 0.717) is 18.8 Å². The summed E-state index contributed by atoms with van der Waals surface area (Å²) in [6, 6.07) is 8.13. The quantitative estimate of drug-likeness (QED) is 0.793. The van der Waals surface area contributed by atoms with Crippen molar-refractivity contribution in [3.63, 3.8) is 0 Å². The summed E-state index contributed by atoms with van der Waals surface area (Å²) in [7, 11) is 0. The molecule has 0 amide bonds. The molecule has 21 heavy (non-hydrogen) atoms. The molecule has 0 aliphatic carbocycles. The molecule has 1 aromatic carbocycles. The Labute approximate surface area is 124 Å². The number of esters is 1. The van der Waals surface area contributed by atoms with Crippen LogP contribution < -0.4 is 0 Å². The van der Waals surface area contributed by atoms with E-state index < -0.39 is 5.97 Å². The summed E-state index contributed by atoms with van der Waals surface area (Å²) >= 11 is 0. The van der Waals surface area contributed by atoms with Crippen LogP contribution in [0.3, 0.4) is 0 Å². The number of rotatable bonds is 5. The maximum Gasteiger partial charge on any atom is 0.360 e. The molecular formula is C16H21N3O2. The fourth-order valence-electron chi connectivity index (χ4n) is 2.30. The number of ether oxygens (including phenoxy) is 1. The van der Waals surface area contributed by atoms with E-state index in [1.54, 1.807) is 11.6 Å². The van der Waals surface area contributed by atoms with Crippen molar-refractivity contribution < 1.29 is 9.53 Å². The number of hydrogen-bond donors (Lipinski definition) is 0. The van der Waals surface area contributed by atoms with Crippen LogP contribution in [0.15, 0.2) is 24.3 Å². The maximum absolute atomic E-state index is 12.0. The molecule has 0 saturated carbocycles. The van der Waals surface area contributed by atoms with Crippen LogP contribution in [0, 0.1) is 6.92 Å². The van der Waals surface area contributed by atoms with Crippen LogP contribution in [0.1, 0.15) is 54.0 Å². The first-order valence-electron chi connectivity index (χ1n) is 7.19. The Morgan fingerprint density at radius 1 is 1.33 bits per heavy atom. The Hall–Kier alpha value is -2.17. The first-order chi connectivity index (χ1) is 10.0. The highest BCUT2D eigenvalue weighted by molar-refractivity contribution is 5.88. The van der Waals surface area contributed by atoms with Crippen LogP contribution in [0.5, 0.6) is 0 Å². The molecular weight excluding hydrogens is 266 g/mol. The highest BCUT2D eigenvalue weighted by atomic mass is 16.5. The highest BCUT2D eigenvalue weighted by Crippen LogP contribution is 2.20. The lowest BCUT2D eigenvalue weighted by Crippen LogP contribution is -2.13. The van der Waals surface area contributed by atoms with E-state index in [0.717, 1.165) is 5.69 Å². The summed E-state index contributed by atoms with van der Waals surface area (Å²) in [5, 5.41) is 8.16. The smallest absolute Gasteiger partial charge is 0.360 e. The normalized spacial score (nSPS) is 10.9. The second-order valence-corrected chi connectivity index (χ2v) is 5.28. The van der Waals surface area contributed by atoms with Crippen LogP contribution in [-0.4, -0.2) is 27.6 Å². The van der Waals surface area contributed by atoms with Crippen molar-refractivity contribution in [1.82, 2.24) is 15.0 Å². The number of carbonyl (C=O) groups excluding carboxylic acids is 1. The molecule has 5 heteroatoms. The Balaban J connectivity index is 2.36. The van der Waals surface area contributed by atoms with E-state index in [1.807, 2.05) is 26.0 Å². The van der Waals surface area contributed by atoms with Gasteiger partial charge in [0.1, 0.15) is 0 Å². The summed E-state index contributed by atoms with van der Waals surface area (Å²) in [5.74, 6) is -0.263.